The molecule has 3 amide bonds. The average Bonchev–Trinajstić information content (AvgIpc) is 3.98. The predicted octanol–water partition coefficient (Wildman–Crippen LogP) is 8.83. The summed E-state index contributed by atoms with van der Waals surface area (Å²) in [6, 6.07) is 18.7. The molecule has 17 heteroatoms. The number of thioether (sulfide) groups is 1. The zero-order valence-electron chi connectivity index (χ0n) is 46.5. The van der Waals surface area contributed by atoms with E-state index in [1.165, 1.54) is 21.6 Å². The monoisotopic (exact) mass is 1080 g/mol. The maximum Gasteiger partial charge on any atom is 0.353 e. The van der Waals surface area contributed by atoms with Crippen molar-refractivity contribution in [1.29, 1.82) is 0 Å². The van der Waals surface area contributed by atoms with Crippen LogP contribution in [0.25, 0.3) is 0 Å². The summed E-state index contributed by atoms with van der Waals surface area (Å²) in [4.78, 5) is 98.0. The first-order valence-corrected chi connectivity index (χ1v) is 27.9. The first kappa shape index (κ1) is 58.6. The highest BCUT2D eigenvalue weighted by atomic mass is 32.2. The second-order valence-corrected chi connectivity index (χ2v) is 24.6. The number of carbonyl (C=O) groups excluding carboxylic acids is 6. The number of methoxy groups -OCH3 is 2. The lowest BCUT2D eigenvalue weighted by Gasteiger charge is -2.46. The van der Waals surface area contributed by atoms with E-state index < -0.39 is 76.1 Å². The lowest BCUT2D eigenvalue weighted by molar-refractivity contribution is -0.164. The first-order chi connectivity index (χ1) is 36.3. The van der Waals surface area contributed by atoms with E-state index in [-0.39, 0.29) is 34.5 Å². The molecule has 3 fully saturated rings. The van der Waals surface area contributed by atoms with E-state index in [9.17, 15) is 43.8 Å². The SMILES string of the molecule is CCC(C)(C)C(=O)C(=O)N1CCCC[C@H]1C(=O)O[C@H](CCc1ccc(OC)c(OC)c1)c1cccc(C(C)(C)CCC(C)(C)C(=O)c2cccc(NC(=O)[C@@H]3C[C@H](SC4=C(C(=O)O)N5C(=O)[C@H]([C@@H](C)O)[C@H]5[C@H]4C)CN3)c2)c1. The van der Waals surface area contributed by atoms with Crippen LogP contribution < -0.4 is 20.1 Å². The van der Waals surface area contributed by atoms with Gasteiger partial charge in [0.15, 0.2) is 17.3 Å². The summed E-state index contributed by atoms with van der Waals surface area (Å²) in [5.41, 5.74) is 1.48. The molecule has 3 saturated heterocycles. The number of aryl methyl sites for hydroxylation is 1. The zero-order chi connectivity index (χ0) is 56.3. The molecule has 0 radical (unpaired) electrons. The number of nitrogens with zero attached hydrogens (tertiary/aromatic N) is 2. The van der Waals surface area contributed by atoms with Crippen molar-refractivity contribution in [1.82, 2.24) is 15.1 Å². The van der Waals surface area contributed by atoms with Crippen molar-refractivity contribution < 1.29 is 58.0 Å². The number of ketones is 2. The molecule has 7 rings (SSSR count). The van der Waals surface area contributed by atoms with Gasteiger partial charge in [0.05, 0.1) is 38.3 Å². The van der Waals surface area contributed by atoms with Crippen LogP contribution in [-0.2, 0) is 45.3 Å². The largest absolute Gasteiger partial charge is 0.493 e. The van der Waals surface area contributed by atoms with E-state index in [2.05, 4.69) is 30.5 Å². The number of aliphatic carboxylic acids is 1. The second kappa shape index (κ2) is 23.9. The highest BCUT2D eigenvalue weighted by Crippen LogP contribution is 2.52. The van der Waals surface area contributed by atoms with Crippen LogP contribution in [0, 0.1) is 22.7 Å². The van der Waals surface area contributed by atoms with E-state index in [1.54, 1.807) is 59.3 Å². The number of carbonyl (C=O) groups is 7. The van der Waals surface area contributed by atoms with Gasteiger partial charge in [-0.3, -0.25) is 24.0 Å². The lowest BCUT2D eigenvalue weighted by atomic mass is 9.72. The van der Waals surface area contributed by atoms with Gasteiger partial charge in [-0.05, 0) is 111 Å². The third kappa shape index (κ3) is 12.6. The van der Waals surface area contributed by atoms with E-state index in [4.69, 9.17) is 14.2 Å². The molecule has 0 aliphatic carbocycles. The fourth-order valence-corrected chi connectivity index (χ4v) is 12.6. The normalized spacial score (nSPS) is 22.4. The van der Waals surface area contributed by atoms with Crippen LogP contribution >= 0.6 is 11.8 Å². The zero-order valence-corrected chi connectivity index (χ0v) is 47.3. The number of amides is 3. The van der Waals surface area contributed by atoms with Gasteiger partial charge in [0.1, 0.15) is 17.8 Å². The fraction of sp³-hybridized carbons (Fsp3) is 0.550. The summed E-state index contributed by atoms with van der Waals surface area (Å²) < 4.78 is 17.5. The minimum atomic E-state index is -1.19. The van der Waals surface area contributed by atoms with Gasteiger partial charge in [-0.15, -0.1) is 11.8 Å². The smallest absolute Gasteiger partial charge is 0.353 e. The fourth-order valence-electron chi connectivity index (χ4n) is 11.1. The van der Waals surface area contributed by atoms with Crippen molar-refractivity contribution in [3.8, 4) is 11.5 Å². The van der Waals surface area contributed by atoms with E-state index in [0.717, 1.165) is 16.7 Å². The number of nitrogens with one attached hydrogen (secondary N) is 2. The Morgan fingerprint density at radius 2 is 1.61 bits per heavy atom. The molecule has 416 valence electrons. The van der Waals surface area contributed by atoms with Crippen LogP contribution in [0.2, 0.25) is 0 Å². The number of β-lactam (4-membered cyclic amide) rings is 1. The Hall–Kier alpha value is -6.04. The molecule has 0 spiro atoms. The van der Waals surface area contributed by atoms with Crippen molar-refractivity contribution in [2.24, 2.45) is 22.7 Å². The number of ether oxygens (including phenoxy) is 3. The quantitative estimate of drug-likeness (QED) is 0.0302. The van der Waals surface area contributed by atoms with Crippen molar-refractivity contribution in [3.05, 3.63) is 99.6 Å². The number of anilines is 1. The number of hydrogen-bond acceptors (Lipinski definition) is 13. The van der Waals surface area contributed by atoms with Crippen LogP contribution in [-0.4, -0.2) is 118 Å². The minimum Gasteiger partial charge on any atom is -0.493 e. The number of hydrogen-bond donors (Lipinski definition) is 4. The third-order valence-corrected chi connectivity index (χ3v) is 18.1. The van der Waals surface area contributed by atoms with Gasteiger partial charge in [0.2, 0.25) is 17.6 Å². The highest BCUT2D eigenvalue weighted by molar-refractivity contribution is 8.03. The number of carboxylic acids is 1. The number of rotatable bonds is 23. The van der Waals surface area contributed by atoms with Crippen molar-refractivity contribution >= 4 is 58.7 Å². The molecule has 4 aliphatic heterocycles. The molecule has 3 aromatic carbocycles. The van der Waals surface area contributed by atoms with Crippen LogP contribution in [0.15, 0.2) is 77.3 Å². The topological polar surface area (TPSA) is 218 Å². The molecule has 4 N–H and O–H groups in total. The van der Waals surface area contributed by atoms with Gasteiger partial charge in [-0.25, -0.2) is 9.59 Å². The van der Waals surface area contributed by atoms with Gasteiger partial charge >= 0.3 is 11.9 Å². The number of aliphatic hydroxyl groups excluding tert-OH is 1. The molecule has 0 aromatic heterocycles. The van der Waals surface area contributed by atoms with Crippen LogP contribution in [0.1, 0.15) is 147 Å². The number of fused-ring (bicyclic) bond motifs is 1. The number of esters is 1. The molecule has 77 heavy (non-hydrogen) atoms. The average molecular weight is 1080 g/mol. The number of carboxylic acid groups (broad SMARTS) is 1. The number of likely N-dealkylation sites (tertiary alicyclic amines) is 1. The molecular formula is C60H78N4O12S. The van der Waals surface area contributed by atoms with E-state index in [0.29, 0.717) is 98.5 Å². The maximum absolute atomic E-state index is 14.3. The van der Waals surface area contributed by atoms with Gasteiger partial charge in [-0.1, -0.05) is 97.9 Å². The maximum atomic E-state index is 14.3. The molecular weight excluding hydrogens is 1000 g/mol. The Labute approximate surface area is 457 Å². The Bertz CT molecular complexity index is 2790. The van der Waals surface area contributed by atoms with Crippen LogP contribution in [0.3, 0.4) is 0 Å². The Morgan fingerprint density at radius 1 is 0.896 bits per heavy atom. The molecule has 4 aliphatic rings. The summed E-state index contributed by atoms with van der Waals surface area (Å²) in [5.74, 6) is -3.43. The standard InChI is InChI=1S/C60H78N4O12S/c1-12-58(4,5)52(67)55(70)63-28-14-13-21-43(63)57(73)76-44(24-22-36-23-25-45(74-10)46(29-36)75-11)37-17-15-19-39(30-37)59(6,7)26-27-60(8,9)51(66)38-18-16-20-40(31-38)62-53(68)42-32-41(33-61-42)77-50-34(2)48-47(35(3)65)54(69)64(48)49(50)56(71)72/h15-20,23,25,29-31,34-35,41-44,47-48,61,65H,12-14,21-22,24,26-28,32-33H2,1-11H3,(H,62,68)(H,71,72)/t34-,35-,41+,42+,43+,44-,47-,48-/m1/s1. The molecule has 8 atom stereocenters. The van der Waals surface area contributed by atoms with E-state index in [1.807, 2.05) is 64.1 Å². The summed E-state index contributed by atoms with van der Waals surface area (Å²) >= 11 is 1.37. The second-order valence-electron chi connectivity index (χ2n) is 23.2. The van der Waals surface area contributed by atoms with Crippen molar-refractivity contribution in [2.75, 3.05) is 32.6 Å². The van der Waals surface area contributed by atoms with Crippen molar-refractivity contribution in [2.45, 2.75) is 161 Å². The lowest BCUT2D eigenvalue weighted by Crippen LogP contribution is -2.63. The molecule has 0 unspecified atom stereocenters. The van der Waals surface area contributed by atoms with Crippen LogP contribution in [0.4, 0.5) is 5.69 Å². The van der Waals surface area contributed by atoms with Gasteiger partial charge < -0.3 is 44.9 Å². The van der Waals surface area contributed by atoms with Crippen molar-refractivity contribution in [3.63, 3.8) is 0 Å². The molecule has 3 aromatic rings. The predicted molar refractivity (Wildman–Crippen MR) is 294 cm³/mol. The molecule has 4 heterocycles. The number of piperidine rings is 1. The first-order valence-electron chi connectivity index (χ1n) is 27.1. The number of aliphatic hydroxyl groups is 1. The Balaban J connectivity index is 1.01. The molecule has 0 bridgehead atoms. The Morgan fingerprint density at radius 3 is 2.29 bits per heavy atom. The third-order valence-electron chi connectivity index (χ3n) is 16.6. The summed E-state index contributed by atoms with van der Waals surface area (Å²) in [6.45, 7) is 17.6. The Kier molecular flexibility index (Phi) is 18.2. The van der Waals surface area contributed by atoms with Gasteiger partial charge in [0, 0.05) is 51.2 Å². The molecule has 16 nitrogen and oxygen atoms in total. The number of Topliss-reactive ketones (excluding diaryl/α,β-unsaturated/α-hetero) is 2. The minimum absolute atomic E-state index is 0.0431. The van der Waals surface area contributed by atoms with Gasteiger partial charge in [0.25, 0.3) is 5.91 Å². The molecule has 0 saturated carbocycles. The highest BCUT2D eigenvalue weighted by Gasteiger charge is 2.60. The summed E-state index contributed by atoms with van der Waals surface area (Å²) in [7, 11) is 3.15. The van der Waals surface area contributed by atoms with Gasteiger partial charge in [-0.2, -0.15) is 0 Å². The van der Waals surface area contributed by atoms with Crippen LogP contribution in [0.5, 0.6) is 11.5 Å². The summed E-state index contributed by atoms with van der Waals surface area (Å²) in [6.07, 6.45) is 3.15. The van der Waals surface area contributed by atoms with E-state index >= 15 is 0 Å². The number of benzene rings is 3. The summed E-state index contributed by atoms with van der Waals surface area (Å²) in [5, 5.41) is 26.4.